The molecule has 0 saturated heterocycles. The number of carboxylic acid groups (broad SMARTS) is 1. The van der Waals surface area contributed by atoms with E-state index in [1.807, 2.05) is 13.8 Å². The fourth-order valence-electron chi connectivity index (χ4n) is 1.44. The van der Waals surface area contributed by atoms with Crippen LogP contribution in [0.4, 0.5) is 0 Å². The third-order valence-corrected chi connectivity index (χ3v) is 2.45. The zero-order chi connectivity index (χ0) is 16.0. The Balaban J connectivity index is 3.04. The van der Waals surface area contributed by atoms with Crippen LogP contribution in [0.15, 0.2) is 23.8 Å². The summed E-state index contributed by atoms with van der Waals surface area (Å²) in [5.74, 6) is -2.32. The molecule has 110 valence electrons. The van der Waals surface area contributed by atoms with Gasteiger partial charge in [-0.1, -0.05) is 19.9 Å². The van der Waals surface area contributed by atoms with Gasteiger partial charge in [0.25, 0.3) is 0 Å². The van der Waals surface area contributed by atoms with Crippen LogP contribution in [0.25, 0.3) is 6.08 Å². The molecular weight excluding hydrogens is 274 g/mol. The lowest BCUT2D eigenvalue weighted by molar-refractivity contribution is -0.139. The quantitative estimate of drug-likeness (QED) is 0.488. The smallest absolute Gasteiger partial charge is 0.348 e. The van der Waals surface area contributed by atoms with Crippen molar-refractivity contribution in [3.8, 4) is 11.8 Å². The second-order valence-corrected chi connectivity index (χ2v) is 4.74. The van der Waals surface area contributed by atoms with Gasteiger partial charge in [-0.2, -0.15) is 5.26 Å². The molecule has 1 rings (SSSR count). The normalized spacial score (nSPS) is 11.0. The summed E-state index contributed by atoms with van der Waals surface area (Å²) in [6, 6.07) is 5.47. The van der Waals surface area contributed by atoms with Crippen molar-refractivity contribution in [2.24, 2.45) is 5.92 Å². The lowest BCUT2D eigenvalue weighted by atomic mass is 10.1. The van der Waals surface area contributed by atoms with E-state index in [4.69, 9.17) is 15.1 Å². The van der Waals surface area contributed by atoms with Crippen molar-refractivity contribution in [1.29, 1.82) is 5.26 Å². The second-order valence-electron chi connectivity index (χ2n) is 4.74. The highest BCUT2D eigenvalue weighted by atomic mass is 16.5. The number of carboxylic acids is 1. The molecule has 6 heteroatoms. The molecule has 0 amide bonds. The van der Waals surface area contributed by atoms with Crippen molar-refractivity contribution in [3.63, 3.8) is 0 Å². The number of aromatic carboxylic acids is 1. The summed E-state index contributed by atoms with van der Waals surface area (Å²) >= 11 is 0. The van der Waals surface area contributed by atoms with Crippen LogP contribution >= 0.6 is 0 Å². The van der Waals surface area contributed by atoms with Crippen molar-refractivity contribution in [1.82, 2.24) is 0 Å². The molecule has 0 aromatic heterocycles. The highest BCUT2D eigenvalue weighted by molar-refractivity contribution is 5.98. The molecule has 1 aromatic rings. The molecule has 0 heterocycles. The summed E-state index contributed by atoms with van der Waals surface area (Å²) in [5, 5.41) is 27.3. The van der Waals surface area contributed by atoms with Gasteiger partial charge in [0.1, 0.15) is 23.0 Å². The lowest BCUT2D eigenvalue weighted by Gasteiger charge is -2.06. The summed E-state index contributed by atoms with van der Waals surface area (Å²) in [7, 11) is 0. The van der Waals surface area contributed by atoms with E-state index < -0.39 is 11.9 Å². The zero-order valence-corrected chi connectivity index (χ0v) is 11.7. The summed E-state index contributed by atoms with van der Waals surface area (Å²) in [5.41, 5.74) is -0.238. The molecule has 0 fully saturated rings. The molecule has 0 aliphatic rings. The molecule has 0 unspecified atom stereocenters. The Labute approximate surface area is 121 Å². The van der Waals surface area contributed by atoms with Crippen molar-refractivity contribution in [2.45, 2.75) is 13.8 Å². The van der Waals surface area contributed by atoms with Crippen LogP contribution in [0.1, 0.15) is 29.8 Å². The average Bonchev–Trinajstić information content (AvgIpc) is 2.43. The van der Waals surface area contributed by atoms with E-state index in [0.29, 0.717) is 5.56 Å². The highest BCUT2D eigenvalue weighted by Gasteiger charge is 2.13. The van der Waals surface area contributed by atoms with E-state index in [1.165, 1.54) is 24.3 Å². The molecular formula is C15H15NO5. The predicted molar refractivity (Wildman–Crippen MR) is 74.5 cm³/mol. The number of carbonyl (C=O) groups is 2. The van der Waals surface area contributed by atoms with Crippen molar-refractivity contribution in [2.75, 3.05) is 6.61 Å². The van der Waals surface area contributed by atoms with Gasteiger partial charge < -0.3 is 14.9 Å². The fraction of sp³-hybridized carbons (Fsp3) is 0.267. The van der Waals surface area contributed by atoms with Gasteiger partial charge in [-0.05, 0) is 29.7 Å². The number of hydrogen-bond donors (Lipinski definition) is 2. The SMILES string of the molecule is CC(C)COC(=O)/C(C#N)=C/c1ccc(O)c(C(=O)O)c1. The Hall–Kier alpha value is -2.81. The number of ether oxygens (including phenoxy) is 1. The molecule has 0 atom stereocenters. The summed E-state index contributed by atoms with van der Waals surface area (Å²) in [4.78, 5) is 22.6. The molecule has 0 radical (unpaired) electrons. The Morgan fingerprint density at radius 1 is 1.43 bits per heavy atom. The molecule has 2 N–H and O–H groups in total. The first kappa shape index (κ1) is 16.2. The number of benzene rings is 1. The number of nitrogens with zero attached hydrogens (tertiary/aromatic N) is 1. The largest absolute Gasteiger partial charge is 0.507 e. The number of nitriles is 1. The molecule has 0 aliphatic carbocycles. The van der Waals surface area contributed by atoms with E-state index in [0.717, 1.165) is 0 Å². The van der Waals surface area contributed by atoms with E-state index in [1.54, 1.807) is 6.07 Å². The van der Waals surface area contributed by atoms with Crippen LogP contribution in [-0.2, 0) is 9.53 Å². The van der Waals surface area contributed by atoms with Gasteiger partial charge in [-0.3, -0.25) is 0 Å². The molecule has 21 heavy (non-hydrogen) atoms. The highest BCUT2D eigenvalue weighted by Crippen LogP contribution is 2.20. The fourth-order valence-corrected chi connectivity index (χ4v) is 1.44. The van der Waals surface area contributed by atoms with E-state index in [2.05, 4.69) is 0 Å². The van der Waals surface area contributed by atoms with Crippen LogP contribution < -0.4 is 0 Å². The maximum atomic E-state index is 11.7. The van der Waals surface area contributed by atoms with Crippen LogP contribution in [0.3, 0.4) is 0 Å². The van der Waals surface area contributed by atoms with Gasteiger partial charge in [0.15, 0.2) is 0 Å². The molecule has 0 saturated carbocycles. The van der Waals surface area contributed by atoms with Crippen molar-refractivity contribution >= 4 is 18.0 Å². The molecule has 0 bridgehead atoms. The minimum Gasteiger partial charge on any atom is -0.507 e. The van der Waals surface area contributed by atoms with Crippen LogP contribution in [0, 0.1) is 17.2 Å². The average molecular weight is 289 g/mol. The minimum atomic E-state index is -1.30. The first-order valence-electron chi connectivity index (χ1n) is 6.20. The first-order chi connectivity index (χ1) is 9.85. The number of phenols is 1. The van der Waals surface area contributed by atoms with Gasteiger partial charge in [-0.15, -0.1) is 0 Å². The Morgan fingerprint density at radius 3 is 2.62 bits per heavy atom. The molecule has 6 nitrogen and oxygen atoms in total. The standard InChI is InChI=1S/C15H15NO5/c1-9(2)8-21-15(20)11(7-16)5-10-3-4-13(17)12(6-10)14(18)19/h3-6,9,17H,8H2,1-2H3,(H,18,19)/b11-5+. The summed E-state index contributed by atoms with van der Waals surface area (Å²) in [6.45, 7) is 3.91. The third kappa shape index (κ3) is 4.66. The molecule has 0 aliphatic heterocycles. The van der Waals surface area contributed by atoms with Crippen LogP contribution in [0.2, 0.25) is 0 Å². The monoisotopic (exact) mass is 289 g/mol. The van der Waals surface area contributed by atoms with E-state index in [9.17, 15) is 14.7 Å². The topological polar surface area (TPSA) is 108 Å². The maximum absolute atomic E-state index is 11.7. The second kappa shape index (κ2) is 7.10. The van der Waals surface area contributed by atoms with E-state index in [-0.39, 0.29) is 29.4 Å². The number of aromatic hydroxyl groups is 1. The maximum Gasteiger partial charge on any atom is 0.348 e. The third-order valence-electron chi connectivity index (χ3n) is 2.45. The van der Waals surface area contributed by atoms with E-state index >= 15 is 0 Å². The first-order valence-corrected chi connectivity index (χ1v) is 6.20. The Morgan fingerprint density at radius 2 is 2.10 bits per heavy atom. The number of carbonyl (C=O) groups excluding carboxylic acids is 1. The van der Waals surface area contributed by atoms with Gasteiger partial charge in [0.05, 0.1) is 6.61 Å². The van der Waals surface area contributed by atoms with Crippen LogP contribution in [-0.4, -0.2) is 28.8 Å². The van der Waals surface area contributed by atoms with Gasteiger partial charge in [0, 0.05) is 0 Å². The summed E-state index contributed by atoms with van der Waals surface area (Å²) < 4.78 is 4.93. The zero-order valence-electron chi connectivity index (χ0n) is 11.7. The van der Waals surface area contributed by atoms with Gasteiger partial charge in [0.2, 0.25) is 0 Å². The predicted octanol–water partition coefficient (Wildman–Crippen LogP) is 2.20. The van der Waals surface area contributed by atoms with Gasteiger partial charge >= 0.3 is 11.9 Å². The number of rotatable bonds is 5. The van der Waals surface area contributed by atoms with Crippen molar-refractivity contribution in [3.05, 3.63) is 34.9 Å². The Bertz CT molecular complexity index is 625. The Kier molecular flexibility index (Phi) is 5.49. The molecule has 0 spiro atoms. The van der Waals surface area contributed by atoms with Gasteiger partial charge in [-0.25, -0.2) is 9.59 Å². The number of esters is 1. The molecule has 1 aromatic carbocycles. The number of hydrogen-bond acceptors (Lipinski definition) is 5. The minimum absolute atomic E-state index is 0.140. The summed E-state index contributed by atoms with van der Waals surface area (Å²) in [6.07, 6.45) is 1.22. The van der Waals surface area contributed by atoms with Crippen molar-refractivity contribution < 1.29 is 24.5 Å². The lowest BCUT2D eigenvalue weighted by Crippen LogP contribution is -2.11. The van der Waals surface area contributed by atoms with Crippen LogP contribution in [0.5, 0.6) is 5.75 Å².